The Labute approximate surface area is 126 Å². The maximum Gasteiger partial charge on any atom is 0.121 e. The Balaban J connectivity index is 1.75. The Morgan fingerprint density at radius 1 is 0.905 bits per heavy atom. The number of ether oxygens (including phenoxy) is 2. The Hall–Kier alpha value is -2.16. The highest BCUT2D eigenvalue weighted by Gasteiger charge is 1.97. The molecule has 0 aromatic heterocycles. The molecule has 2 rings (SSSR count). The zero-order chi connectivity index (χ0) is 14.9. The minimum atomic E-state index is 0.628. The number of aryl methyl sites for hydroxylation is 1. The number of benzene rings is 2. The van der Waals surface area contributed by atoms with E-state index in [-0.39, 0.29) is 0 Å². The fourth-order valence-electron chi connectivity index (χ4n) is 1.99. The predicted octanol–water partition coefficient (Wildman–Crippen LogP) is 4.27. The molecule has 0 fully saturated rings. The fourth-order valence-corrected chi connectivity index (χ4v) is 1.99. The van der Waals surface area contributed by atoms with E-state index in [0.717, 1.165) is 36.8 Å². The zero-order valence-electron chi connectivity index (χ0n) is 12.8. The molecule has 21 heavy (non-hydrogen) atoms. The fraction of sp³-hybridized carbons (Fsp3) is 0.333. The van der Waals surface area contributed by atoms with Gasteiger partial charge in [0.1, 0.15) is 18.1 Å². The van der Waals surface area contributed by atoms with Gasteiger partial charge in [0.2, 0.25) is 0 Å². The summed E-state index contributed by atoms with van der Waals surface area (Å²) in [7, 11) is 0. The van der Waals surface area contributed by atoms with Crippen LogP contribution >= 0.6 is 0 Å². The van der Waals surface area contributed by atoms with Crippen molar-refractivity contribution in [3.8, 4) is 11.5 Å². The first kappa shape index (κ1) is 15.2. The molecule has 0 saturated carbocycles. The van der Waals surface area contributed by atoms with Crippen LogP contribution in [0.3, 0.4) is 0 Å². The van der Waals surface area contributed by atoms with E-state index in [2.05, 4.69) is 25.2 Å². The lowest BCUT2D eigenvalue weighted by Gasteiger charge is -2.10. The summed E-state index contributed by atoms with van der Waals surface area (Å²) >= 11 is 0. The normalized spacial score (nSPS) is 10.2. The summed E-state index contributed by atoms with van der Waals surface area (Å²) in [4.78, 5) is 0. The van der Waals surface area contributed by atoms with Gasteiger partial charge in [-0.2, -0.15) is 0 Å². The maximum atomic E-state index is 5.71. The summed E-state index contributed by atoms with van der Waals surface area (Å²) in [6.45, 7) is 6.30. The predicted molar refractivity (Wildman–Crippen MR) is 87.4 cm³/mol. The molecule has 0 saturated heterocycles. The van der Waals surface area contributed by atoms with Crippen LogP contribution in [0.1, 0.15) is 18.9 Å². The number of nitrogens with one attached hydrogen (secondary N) is 1. The molecule has 0 aliphatic heterocycles. The van der Waals surface area contributed by atoms with Gasteiger partial charge in [-0.3, -0.25) is 0 Å². The van der Waals surface area contributed by atoms with E-state index in [1.165, 1.54) is 5.56 Å². The number of rotatable bonds is 8. The number of hydrogen-bond donors (Lipinski definition) is 1. The Bertz CT molecular complexity index is 554. The summed E-state index contributed by atoms with van der Waals surface area (Å²) in [5.74, 6) is 1.82. The average Bonchev–Trinajstić information content (AvgIpc) is 2.50. The number of hydrogen-bond acceptors (Lipinski definition) is 3. The van der Waals surface area contributed by atoms with Gasteiger partial charge in [-0.25, -0.2) is 0 Å². The van der Waals surface area contributed by atoms with Crippen LogP contribution in [0.15, 0.2) is 48.5 Å². The third-order valence-electron chi connectivity index (χ3n) is 3.00. The van der Waals surface area contributed by atoms with Crippen LogP contribution in [0.5, 0.6) is 11.5 Å². The molecule has 0 aliphatic rings. The van der Waals surface area contributed by atoms with Gasteiger partial charge in [0, 0.05) is 18.3 Å². The third kappa shape index (κ3) is 5.38. The molecule has 2 aromatic rings. The Morgan fingerprint density at radius 3 is 2.38 bits per heavy atom. The van der Waals surface area contributed by atoms with Gasteiger partial charge in [0.25, 0.3) is 0 Å². The molecule has 0 amide bonds. The lowest BCUT2D eigenvalue weighted by molar-refractivity contribution is 0.317. The highest BCUT2D eigenvalue weighted by molar-refractivity contribution is 5.48. The molecule has 0 bridgehead atoms. The van der Waals surface area contributed by atoms with Gasteiger partial charge in [-0.15, -0.1) is 0 Å². The first-order valence-electron chi connectivity index (χ1n) is 7.44. The van der Waals surface area contributed by atoms with Crippen LogP contribution in [0.4, 0.5) is 5.69 Å². The van der Waals surface area contributed by atoms with E-state index in [1.807, 2.05) is 42.5 Å². The first-order valence-corrected chi connectivity index (χ1v) is 7.44. The molecule has 3 heteroatoms. The van der Waals surface area contributed by atoms with Crippen molar-refractivity contribution in [1.29, 1.82) is 0 Å². The van der Waals surface area contributed by atoms with Crippen molar-refractivity contribution in [2.24, 2.45) is 0 Å². The molecule has 0 unspecified atom stereocenters. The van der Waals surface area contributed by atoms with Crippen LogP contribution in [0.2, 0.25) is 0 Å². The lowest BCUT2D eigenvalue weighted by atomic mass is 10.2. The average molecular weight is 285 g/mol. The Kier molecular flexibility index (Phi) is 5.95. The van der Waals surface area contributed by atoms with E-state index in [9.17, 15) is 0 Å². The smallest absolute Gasteiger partial charge is 0.121 e. The van der Waals surface area contributed by atoms with E-state index >= 15 is 0 Å². The van der Waals surface area contributed by atoms with Crippen LogP contribution < -0.4 is 14.8 Å². The summed E-state index contributed by atoms with van der Waals surface area (Å²) in [6, 6.07) is 16.1. The van der Waals surface area contributed by atoms with Crippen molar-refractivity contribution in [2.75, 3.05) is 25.1 Å². The minimum Gasteiger partial charge on any atom is -0.494 e. The summed E-state index contributed by atoms with van der Waals surface area (Å²) < 4.78 is 11.3. The largest absolute Gasteiger partial charge is 0.494 e. The van der Waals surface area contributed by atoms with Crippen molar-refractivity contribution in [1.82, 2.24) is 0 Å². The van der Waals surface area contributed by atoms with Gasteiger partial charge in [-0.1, -0.05) is 25.1 Å². The standard InChI is InChI=1S/C18H23NO2/c1-3-11-20-18-9-5-7-16(14-18)19-10-12-21-17-8-4-6-15(2)13-17/h4-9,13-14,19H,3,10-12H2,1-2H3. The molecule has 112 valence electrons. The molecule has 0 radical (unpaired) electrons. The molecular weight excluding hydrogens is 262 g/mol. The van der Waals surface area contributed by atoms with Gasteiger partial charge in [0.05, 0.1) is 6.61 Å². The van der Waals surface area contributed by atoms with Crippen LogP contribution in [0, 0.1) is 6.92 Å². The van der Waals surface area contributed by atoms with Gasteiger partial charge in [0.15, 0.2) is 0 Å². The number of anilines is 1. The van der Waals surface area contributed by atoms with E-state index in [0.29, 0.717) is 6.61 Å². The minimum absolute atomic E-state index is 0.628. The molecule has 3 nitrogen and oxygen atoms in total. The summed E-state index contributed by atoms with van der Waals surface area (Å²) in [5.41, 5.74) is 2.26. The van der Waals surface area contributed by atoms with Crippen LogP contribution in [-0.4, -0.2) is 19.8 Å². The van der Waals surface area contributed by atoms with Crippen molar-refractivity contribution in [2.45, 2.75) is 20.3 Å². The molecule has 0 aliphatic carbocycles. The van der Waals surface area contributed by atoms with E-state index in [4.69, 9.17) is 9.47 Å². The van der Waals surface area contributed by atoms with Gasteiger partial charge >= 0.3 is 0 Å². The van der Waals surface area contributed by atoms with Crippen molar-refractivity contribution in [3.63, 3.8) is 0 Å². The van der Waals surface area contributed by atoms with Crippen molar-refractivity contribution >= 4 is 5.69 Å². The third-order valence-corrected chi connectivity index (χ3v) is 3.00. The summed E-state index contributed by atoms with van der Waals surface area (Å²) in [5, 5.41) is 3.34. The lowest BCUT2D eigenvalue weighted by Crippen LogP contribution is -2.11. The van der Waals surface area contributed by atoms with Gasteiger partial charge < -0.3 is 14.8 Å². The van der Waals surface area contributed by atoms with E-state index in [1.54, 1.807) is 0 Å². The molecule has 1 N–H and O–H groups in total. The Morgan fingerprint density at radius 2 is 1.62 bits per heavy atom. The quantitative estimate of drug-likeness (QED) is 0.735. The van der Waals surface area contributed by atoms with E-state index < -0.39 is 0 Å². The summed E-state index contributed by atoms with van der Waals surface area (Å²) in [6.07, 6.45) is 1.02. The van der Waals surface area contributed by atoms with Crippen molar-refractivity contribution < 1.29 is 9.47 Å². The van der Waals surface area contributed by atoms with Crippen LogP contribution in [-0.2, 0) is 0 Å². The highest BCUT2D eigenvalue weighted by Crippen LogP contribution is 2.17. The second-order valence-corrected chi connectivity index (χ2v) is 4.97. The SMILES string of the molecule is CCCOc1cccc(NCCOc2cccc(C)c2)c1. The molecule has 0 heterocycles. The monoisotopic (exact) mass is 285 g/mol. The maximum absolute atomic E-state index is 5.71. The van der Waals surface area contributed by atoms with Crippen LogP contribution in [0.25, 0.3) is 0 Å². The zero-order valence-corrected chi connectivity index (χ0v) is 12.8. The topological polar surface area (TPSA) is 30.5 Å². The second-order valence-electron chi connectivity index (χ2n) is 4.97. The molecular formula is C18H23NO2. The molecule has 2 aromatic carbocycles. The highest BCUT2D eigenvalue weighted by atomic mass is 16.5. The second kappa shape index (κ2) is 8.20. The molecule has 0 spiro atoms. The molecule has 0 atom stereocenters. The van der Waals surface area contributed by atoms with Gasteiger partial charge in [-0.05, 0) is 43.2 Å². The first-order chi connectivity index (χ1) is 10.3. The van der Waals surface area contributed by atoms with Crippen molar-refractivity contribution in [3.05, 3.63) is 54.1 Å².